The molecule has 0 radical (unpaired) electrons. The van der Waals surface area contributed by atoms with Gasteiger partial charge in [-0.05, 0) is 31.0 Å². The van der Waals surface area contributed by atoms with Crippen molar-refractivity contribution < 1.29 is 4.79 Å². The van der Waals surface area contributed by atoms with Crippen LogP contribution in [-0.4, -0.2) is 23.4 Å². The van der Waals surface area contributed by atoms with Crippen molar-refractivity contribution in [3.8, 4) is 0 Å². The van der Waals surface area contributed by atoms with Gasteiger partial charge in [-0.2, -0.15) is 0 Å². The Morgan fingerprint density at radius 1 is 1.47 bits per heavy atom. The summed E-state index contributed by atoms with van der Waals surface area (Å²) in [5.74, 6) is -0.0493. The molecule has 1 aromatic rings. The van der Waals surface area contributed by atoms with Crippen LogP contribution in [0.15, 0.2) is 30.9 Å². The van der Waals surface area contributed by atoms with E-state index in [-0.39, 0.29) is 5.91 Å². The average Bonchev–Trinajstić information content (AvgIpc) is 2.92. The summed E-state index contributed by atoms with van der Waals surface area (Å²) in [5, 5.41) is 0.530. The van der Waals surface area contributed by atoms with Gasteiger partial charge in [0.1, 0.15) is 0 Å². The van der Waals surface area contributed by atoms with Crippen molar-refractivity contribution in [3.05, 3.63) is 41.4 Å². The number of carbonyl (C=O) groups is 1. The third-order valence-corrected chi connectivity index (χ3v) is 3.83. The van der Waals surface area contributed by atoms with Gasteiger partial charge in [-0.1, -0.05) is 30.5 Å². The lowest BCUT2D eigenvalue weighted by molar-refractivity contribution is 0.0707. The molecule has 3 nitrogen and oxygen atoms in total. The van der Waals surface area contributed by atoms with Gasteiger partial charge < -0.3 is 10.6 Å². The molecular weight excluding hydrogens is 260 g/mol. The van der Waals surface area contributed by atoms with Crippen molar-refractivity contribution in [2.24, 2.45) is 0 Å². The Morgan fingerprint density at radius 3 is 2.79 bits per heavy atom. The number of rotatable bonds is 4. The molecule has 0 aromatic heterocycles. The lowest BCUT2D eigenvalue weighted by atomic mass is 10.1. The quantitative estimate of drug-likeness (QED) is 0.677. The summed E-state index contributed by atoms with van der Waals surface area (Å²) in [6.07, 6.45) is 6.23. The molecule has 1 aliphatic rings. The summed E-state index contributed by atoms with van der Waals surface area (Å²) in [4.78, 5) is 14.5. The van der Waals surface area contributed by atoms with Gasteiger partial charge in [0.25, 0.3) is 5.91 Å². The van der Waals surface area contributed by atoms with Gasteiger partial charge in [0.2, 0.25) is 0 Å². The van der Waals surface area contributed by atoms with E-state index in [2.05, 4.69) is 6.58 Å². The molecule has 1 amide bonds. The first-order valence-electron chi connectivity index (χ1n) is 6.60. The first kappa shape index (κ1) is 13.9. The molecule has 1 saturated carbocycles. The van der Waals surface area contributed by atoms with Crippen LogP contribution in [0.4, 0.5) is 5.69 Å². The van der Waals surface area contributed by atoms with E-state index < -0.39 is 0 Å². The number of nitrogen functional groups attached to an aromatic ring is 1. The lowest BCUT2D eigenvalue weighted by Gasteiger charge is -2.28. The van der Waals surface area contributed by atoms with Crippen LogP contribution < -0.4 is 5.73 Å². The third kappa shape index (κ3) is 3.10. The van der Waals surface area contributed by atoms with Crippen molar-refractivity contribution in [1.82, 2.24) is 4.90 Å². The predicted molar refractivity (Wildman–Crippen MR) is 79.4 cm³/mol. The van der Waals surface area contributed by atoms with Crippen molar-refractivity contribution in [1.29, 1.82) is 0 Å². The molecule has 1 aliphatic carbocycles. The van der Waals surface area contributed by atoms with Crippen LogP contribution in [0.2, 0.25) is 5.02 Å². The van der Waals surface area contributed by atoms with Crippen LogP contribution in [0.25, 0.3) is 0 Å². The smallest absolute Gasteiger partial charge is 0.256 e. The Balaban J connectivity index is 2.27. The van der Waals surface area contributed by atoms with Crippen molar-refractivity contribution in [2.45, 2.75) is 31.7 Å². The molecule has 0 bridgehead atoms. The molecule has 4 heteroatoms. The summed E-state index contributed by atoms with van der Waals surface area (Å²) in [5.41, 5.74) is 6.85. The summed E-state index contributed by atoms with van der Waals surface area (Å²) in [6.45, 7) is 4.29. The molecule has 0 atom stereocenters. The third-order valence-electron chi connectivity index (χ3n) is 3.60. The van der Waals surface area contributed by atoms with E-state index >= 15 is 0 Å². The van der Waals surface area contributed by atoms with Gasteiger partial charge >= 0.3 is 0 Å². The van der Waals surface area contributed by atoms with E-state index in [0.29, 0.717) is 28.9 Å². The van der Waals surface area contributed by atoms with E-state index in [9.17, 15) is 4.79 Å². The molecule has 0 spiro atoms. The minimum absolute atomic E-state index is 0.0493. The van der Waals surface area contributed by atoms with Gasteiger partial charge in [-0.3, -0.25) is 4.79 Å². The van der Waals surface area contributed by atoms with Crippen LogP contribution in [0.3, 0.4) is 0 Å². The lowest BCUT2D eigenvalue weighted by Crippen LogP contribution is -2.39. The van der Waals surface area contributed by atoms with E-state index in [1.807, 2.05) is 4.90 Å². The molecule has 1 fully saturated rings. The molecule has 0 heterocycles. The van der Waals surface area contributed by atoms with Crippen LogP contribution in [0.1, 0.15) is 36.0 Å². The highest BCUT2D eigenvalue weighted by atomic mass is 35.5. The van der Waals surface area contributed by atoms with Crippen LogP contribution in [0.5, 0.6) is 0 Å². The SMILES string of the molecule is C=CCN(C(=O)c1cc(Cl)ccc1N)C1CCCC1. The second-order valence-corrected chi connectivity index (χ2v) is 5.35. The van der Waals surface area contributed by atoms with Gasteiger partial charge in [0.05, 0.1) is 5.56 Å². The van der Waals surface area contributed by atoms with Gasteiger partial charge in [0.15, 0.2) is 0 Å². The van der Waals surface area contributed by atoms with Crippen LogP contribution in [-0.2, 0) is 0 Å². The minimum atomic E-state index is -0.0493. The zero-order chi connectivity index (χ0) is 13.8. The van der Waals surface area contributed by atoms with Crippen LogP contribution >= 0.6 is 11.6 Å². The maximum atomic E-state index is 12.6. The van der Waals surface area contributed by atoms with E-state index in [4.69, 9.17) is 17.3 Å². The molecule has 0 aliphatic heterocycles. The Morgan fingerprint density at radius 2 is 2.16 bits per heavy atom. The Bertz CT molecular complexity index is 481. The Kier molecular flexibility index (Phi) is 4.48. The van der Waals surface area contributed by atoms with Crippen molar-refractivity contribution in [3.63, 3.8) is 0 Å². The fraction of sp³-hybridized carbons (Fsp3) is 0.400. The second kappa shape index (κ2) is 6.11. The van der Waals surface area contributed by atoms with E-state index in [1.165, 1.54) is 12.8 Å². The monoisotopic (exact) mass is 278 g/mol. The van der Waals surface area contributed by atoms with Crippen molar-refractivity contribution >= 4 is 23.2 Å². The highest BCUT2D eigenvalue weighted by molar-refractivity contribution is 6.31. The summed E-state index contributed by atoms with van der Waals surface area (Å²) < 4.78 is 0. The maximum Gasteiger partial charge on any atom is 0.256 e. The molecule has 2 N–H and O–H groups in total. The number of benzene rings is 1. The zero-order valence-electron chi connectivity index (χ0n) is 10.9. The fourth-order valence-corrected chi connectivity index (χ4v) is 2.79. The molecule has 19 heavy (non-hydrogen) atoms. The van der Waals surface area contributed by atoms with Gasteiger partial charge in [-0.15, -0.1) is 6.58 Å². The van der Waals surface area contributed by atoms with Gasteiger partial charge in [-0.25, -0.2) is 0 Å². The molecule has 0 unspecified atom stereocenters. The predicted octanol–water partition coefficient (Wildman–Crippen LogP) is 3.49. The number of hydrogen-bond donors (Lipinski definition) is 1. The minimum Gasteiger partial charge on any atom is -0.398 e. The number of nitrogens with zero attached hydrogens (tertiary/aromatic N) is 1. The number of amides is 1. The summed E-state index contributed by atoms with van der Waals surface area (Å²) in [7, 11) is 0. The fourth-order valence-electron chi connectivity index (χ4n) is 2.62. The van der Waals surface area contributed by atoms with Crippen LogP contribution in [0, 0.1) is 0 Å². The van der Waals surface area contributed by atoms with Crippen molar-refractivity contribution in [2.75, 3.05) is 12.3 Å². The Hall–Kier alpha value is -1.48. The molecule has 0 saturated heterocycles. The van der Waals surface area contributed by atoms with Gasteiger partial charge in [0, 0.05) is 23.3 Å². The second-order valence-electron chi connectivity index (χ2n) is 4.92. The van der Waals surface area contributed by atoms with E-state index in [1.54, 1.807) is 24.3 Å². The summed E-state index contributed by atoms with van der Waals surface area (Å²) in [6, 6.07) is 5.31. The number of nitrogens with two attached hydrogens (primary N) is 1. The standard InChI is InChI=1S/C15H19ClN2O/c1-2-9-18(12-5-3-4-6-12)15(19)13-10-11(16)7-8-14(13)17/h2,7-8,10,12H,1,3-6,9,17H2. The number of carbonyl (C=O) groups excluding carboxylic acids is 1. The highest BCUT2D eigenvalue weighted by Crippen LogP contribution is 2.27. The maximum absolute atomic E-state index is 12.6. The molecule has 2 rings (SSSR count). The normalized spacial score (nSPS) is 15.4. The molecule has 1 aromatic carbocycles. The first-order valence-corrected chi connectivity index (χ1v) is 6.98. The average molecular weight is 279 g/mol. The number of hydrogen-bond acceptors (Lipinski definition) is 2. The largest absolute Gasteiger partial charge is 0.398 e. The Labute approximate surface area is 119 Å². The number of anilines is 1. The topological polar surface area (TPSA) is 46.3 Å². The molecule has 102 valence electrons. The highest BCUT2D eigenvalue weighted by Gasteiger charge is 2.27. The van der Waals surface area contributed by atoms with E-state index in [0.717, 1.165) is 12.8 Å². The first-order chi connectivity index (χ1) is 9.13. The number of halogens is 1. The molecular formula is C15H19ClN2O. The summed E-state index contributed by atoms with van der Waals surface area (Å²) >= 11 is 5.96. The zero-order valence-corrected chi connectivity index (χ0v) is 11.7.